The minimum atomic E-state index is 0.424. The van der Waals surface area contributed by atoms with Gasteiger partial charge < -0.3 is 9.73 Å². The summed E-state index contributed by atoms with van der Waals surface area (Å²) in [4.78, 5) is 0. The molecule has 1 saturated carbocycles. The van der Waals surface area contributed by atoms with E-state index in [0.717, 1.165) is 18.4 Å². The lowest BCUT2D eigenvalue weighted by Gasteiger charge is -2.33. The van der Waals surface area contributed by atoms with E-state index >= 15 is 0 Å². The SMILES string of the molecule is CCCNC(c1occc1C)C1CCC(CC)CC1. The summed E-state index contributed by atoms with van der Waals surface area (Å²) >= 11 is 0. The van der Waals surface area contributed by atoms with Crippen molar-refractivity contribution in [2.75, 3.05) is 6.54 Å². The van der Waals surface area contributed by atoms with E-state index in [1.807, 2.05) is 6.26 Å². The molecule has 0 spiro atoms. The number of hydrogen-bond acceptors (Lipinski definition) is 2. The molecule has 108 valence electrons. The lowest BCUT2D eigenvalue weighted by Crippen LogP contribution is -2.31. The van der Waals surface area contributed by atoms with Crippen LogP contribution in [0.2, 0.25) is 0 Å². The lowest BCUT2D eigenvalue weighted by atomic mass is 9.76. The zero-order valence-corrected chi connectivity index (χ0v) is 12.7. The first-order valence-electron chi connectivity index (χ1n) is 8.03. The highest BCUT2D eigenvalue weighted by Crippen LogP contribution is 2.38. The van der Waals surface area contributed by atoms with Crippen LogP contribution in [-0.2, 0) is 0 Å². The summed E-state index contributed by atoms with van der Waals surface area (Å²) in [6.07, 6.45) is 9.85. The number of rotatable bonds is 6. The van der Waals surface area contributed by atoms with Gasteiger partial charge in [-0.05, 0) is 56.2 Å². The lowest BCUT2D eigenvalue weighted by molar-refractivity contribution is 0.202. The molecule has 0 radical (unpaired) electrons. The Morgan fingerprint density at radius 2 is 2.00 bits per heavy atom. The molecule has 0 bridgehead atoms. The predicted molar refractivity (Wildman–Crippen MR) is 80.2 cm³/mol. The van der Waals surface area contributed by atoms with Crippen molar-refractivity contribution in [2.45, 2.75) is 65.3 Å². The monoisotopic (exact) mass is 263 g/mol. The molecule has 0 aliphatic heterocycles. The normalized spacial score (nSPS) is 25.4. The third kappa shape index (κ3) is 3.62. The van der Waals surface area contributed by atoms with E-state index in [1.165, 1.54) is 49.8 Å². The topological polar surface area (TPSA) is 25.2 Å². The summed E-state index contributed by atoms with van der Waals surface area (Å²) in [7, 11) is 0. The molecule has 2 rings (SSSR count). The molecule has 1 N–H and O–H groups in total. The van der Waals surface area contributed by atoms with Crippen molar-refractivity contribution in [3.63, 3.8) is 0 Å². The van der Waals surface area contributed by atoms with Crippen LogP contribution in [0.15, 0.2) is 16.7 Å². The zero-order valence-electron chi connectivity index (χ0n) is 12.7. The van der Waals surface area contributed by atoms with Crippen LogP contribution in [0.3, 0.4) is 0 Å². The molecule has 1 atom stereocenters. The van der Waals surface area contributed by atoms with E-state index in [0.29, 0.717) is 6.04 Å². The smallest absolute Gasteiger partial charge is 0.123 e. The Hall–Kier alpha value is -0.760. The molecular weight excluding hydrogens is 234 g/mol. The second-order valence-corrected chi connectivity index (χ2v) is 6.09. The van der Waals surface area contributed by atoms with Gasteiger partial charge in [-0.3, -0.25) is 0 Å². The quantitative estimate of drug-likeness (QED) is 0.794. The Morgan fingerprint density at radius 1 is 1.26 bits per heavy atom. The van der Waals surface area contributed by atoms with Gasteiger partial charge in [0.2, 0.25) is 0 Å². The molecule has 1 heterocycles. The van der Waals surface area contributed by atoms with Crippen molar-refractivity contribution in [1.29, 1.82) is 0 Å². The van der Waals surface area contributed by atoms with Gasteiger partial charge in [-0.1, -0.05) is 33.1 Å². The Kier molecular flexibility index (Phi) is 5.50. The van der Waals surface area contributed by atoms with Crippen molar-refractivity contribution in [3.8, 4) is 0 Å². The van der Waals surface area contributed by atoms with Crippen LogP contribution in [0.4, 0.5) is 0 Å². The van der Waals surface area contributed by atoms with Crippen molar-refractivity contribution in [1.82, 2.24) is 5.32 Å². The Bertz CT molecular complexity index is 363. The van der Waals surface area contributed by atoms with Gasteiger partial charge in [-0.15, -0.1) is 0 Å². The molecule has 0 amide bonds. The number of nitrogens with one attached hydrogen (secondary N) is 1. The third-order valence-corrected chi connectivity index (χ3v) is 4.74. The van der Waals surface area contributed by atoms with Crippen LogP contribution in [0.25, 0.3) is 0 Å². The fraction of sp³-hybridized carbons (Fsp3) is 0.765. The molecular formula is C17H29NO. The summed E-state index contributed by atoms with van der Waals surface area (Å²) in [5.74, 6) is 2.88. The van der Waals surface area contributed by atoms with Gasteiger partial charge in [0.05, 0.1) is 12.3 Å². The number of hydrogen-bond donors (Lipinski definition) is 1. The Labute approximate surface area is 118 Å². The van der Waals surface area contributed by atoms with E-state index in [2.05, 4.69) is 32.2 Å². The maximum Gasteiger partial charge on any atom is 0.123 e. The van der Waals surface area contributed by atoms with E-state index in [4.69, 9.17) is 4.42 Å². The van der Waals surface area contributed by atoms with Gasteiger partial charge in [-0.25, -0.2) is 0 Å². The van der Waals surface area contributed by atoms with E-state index < -0.39 is 0 Å². The Balaban J connectivity index is 2.04. The maximum absolute atomic E-state index is 5.77. The summed E-state index contributed by atoms with van der Waals surface area (Å²) in [6.45, 7) is 7.80. The largest absolute Gasteiger partial charge is 0.467 e. The van der Waals surface area contributed by atoms with Crippen molar-refractivity contribution in [2.24, 2.45) is 11.8 Å². The fourth-order valence-electron chi connectivity index (χ4n) is 3.41. The average molecular weight is 263 g/mol. The number of furan rings is 1. The number of aryl methyl sites for hydroxylation is 1. The summed E-state index contributed by atoms with van der Waals surface area (Å²) in [5, 5.41) is 3.72. The highest BCUT2D eigenvalue weighted by atomic mass is 16.3. The van der Waals surface area contributed by atoms with Gasteiger partial charge >= 0.3 is 0 Å². The van der Waals surface area contributed by atoms with Gasteiger partial charge in [0.1, 0.15) is 5.76 Å². The third-order valence-electron chi connectivity index (χ3n) is 4.74. The van der Waals surface area contributed by atoms with Crippen molar-refractivity contribution < 1.29 is 4.42 Å². The molecule has 1 aliphatic rings. The van der Waals surface area contributed by atoms with E-state index in [-0.39, 0.29) is 0 Å². The van der Waals surface area contributed by atoms with Gasteiger partial charge in [-0.2, -0.15) is 0 Å². The molecule has 1 aromatic rings. The van der Waals surface area contributed by atoms with Crippen LogP contribution < -0.4 is 5.32 Å². The van der Waals surface area contributed by atoms with E-state index in [1.54, 1.807) is 0 Å². The fourth-order valence-corrected chi connectivity index (χ4v) is 3.41. The Morgan fingerprint density at radius 3 is 2.53 bits per heavy atom. The van der Waals surface area contributed by atoms with E-state index in [9.17, 15) is 0 Å². The molecule has 1 aromatic heterocycles. The average Bonchev–Trinajstić information content (AvgIpc) is 2.86. The molecule has 0 saturated heterocycles. The zero-order chi connectivity index (χ0) is 13.7. The van der Waals surface area contributed by atoms with Crippen LogP contribution in [0, 0.1) is 18.8 Å². The summed E-state index contributed by atoms with van der Waals surface area (Å²) in [5.41, 5.74) is 1.30. The minimum absolute atomic E-state index is 0.424. The first-order valence-corrected chi connectivity index (χ1v) is 8.03. The standard InChI is InChI=1S/C17H29NO/c1-4-11-18-16(17-13(3)10-12-19-17)15-8-6-14(5-2)7-9-15/h10,12,14-16,18H,4-9,11H2,1-3H3. The summed E-state index contributed by atoms with van der Waals surface area (Å²) < 4.78 is 5.77. The van der Waals surface area contributed by atoms with Crippen LogP contribution >= 0.6 is 0 Å². The molecule has 1 unspecified atom stereocenters. The first kappa shape index (κ1) is 14.6. The van der Waals surface area contributed by atoms with Crippen molar-refractivity contribution in [3.05, 3.63) is 23.7 Å². The molecule has 2 heteroatoms. The van der Waals surface area contributed by atoms with Crippen LogP contribution in [0.5, 0.6) is 0 Å². The van der Waals surface area contributed by atoms with Crippen molar-refractivity contribution >= 4 is 0 Å². The predicted octanol–water partition coefficient (Wildman–Crippen LogP) is 4.85. The van der Waals surface area contributed by atoms with Gasteiger partial charge in [0, 0.05) is 0 Å². The molecule has 0 aromatic carbocycles. The molecule has 1 aliphatic carbocycles. The second kappa shape index (κ2) is 7.14. The van der Waals surface area contributed by atoms with Crippen LogP contribution in [0.1, 0.15) is 69.7 Å². The first-order chi connectivity index (χ1) is 9.26. The van der Waals surface area contributed by atoms with Crippen LogP contribution in [-0.4, -0.2) is 6.54 Å². The highest BCUT2D eigenvalue weighted by Gasteiger charge is 2.30. The molecule has 2 nitrogen and oxygen atoms in total. The molecule has 1 fully saturated rings. The van der Waals surface area contributed by atoms with Gasteiger partial charge in [0.25, 0.3) is 0 Å². The summed E-state index contributed by atoms with van der Waals surface area (Å²) in [6, 6.07) is 2.51. The molecule has 19 heavy (non-hydrogen) atoms. The highest BCUT2D eigenvalue weighted by molar-refractivity contribution is 5.19. The van der Waals surface area contributed by atoms with Gasteiger partial charge in [0.15, 0.2) is 0 Å². The second-order valence-electron chi connectivity index (χ2n) is 6.09. The maximum atomic E-state index is 5.77. The minimum Gasteiger partial charge on any atom is -0.467 e.